The van der Waals surface area contributed by atoms with Crippen molar-refractivity contribution >= 4 is 17.0 Å². The lowest BCUT2D eigenvalue weighted by atomic mass is 10.0. The molecule has 1 aliphatic rings. The van der Waals surface area contributed by atoms with Crippen molar-refractivity contribution in [3.05, 3.63) is 71.9 Å². The minimum atomic E-state index is -3.21. The number of alkyl halides is 2. The van der Waals surface area contributed by atoms with Crippen molar-refractivity contribution in [2.45, 2.75) is 31.2 Å². The van der Waals surface area contributed by atoms with E-state index in [-0.39, 0.29) is 31.0 Å². The van der Waals surface area contributed by atoms with Crippen LogP contribution in [-0.2, 0) is 6.42 Å². The van der Waals surface area contributed by atoms with Gasteiger partial charge in [0.2, 0.25) is 0 Å². The van der Waals surface area contributed by atoms with E-state index in [0.717, 1.165) is 21.8 Å². The summed E-state index contributed by atoms with van der Waals surface area (Å²) >= 11 is 0. The second-order valence-electron chi connectivity index (χ2n) is 7.71. The highest BCUT2D eigenvalue weighted by molar-refractivity contribution is 5.98. The van der Waals surface area contributed by atoms with E-state index in [1.54, 1.807) is 24.3 Å². The first-order chi connectivity index (χ1) is 15.8. The average Bonchev–Trinajstić information content (AvgIpc) is 3.52. The molecule has 0 aliphatic carbocycles. The van der Waals surface area contributed by atoms with Gasteiger partial charge in [-0.05, 0) is 30.7 Å². The summed E-state index contributed by atoms with van der Waals surface area (Å²) in [6.45, 7) is -0.314. The van der Waals surface area contributed by atoms with Crippen molar-refractivity contribution in [1.29, 1.82) is 0 Å². The second kappa shape index (κ2) is 7.98. The summed E-state index contributed by atoms with van der Waals surface area (Å²) in [7, 11) is 0. The molecular formula is C22H17F4N5O2. The Morgan fingerprint density at radius 2 is 1.88 bits per heavy atom. The van der Waals surface area contributed by atoms with E-state index in [1.165, 1.54) is 12.4 Å². The number of carbonyl (C=O) groups is 1. The van der Waals surface area contributed by atoms with Crippen LogP contribution in [0.15, 0.2) is 53.2 Å². The monoisotopic (exact) mass is 459 g/mol. The predicted octanol–water partition coefficient (Wildman–Crippen LogP) is 4.17. The van der Waals surface area contributed by atoms with Gasteiger partial charge in [0, 0.05) is 19.4 Å². The zero-order chi connectivity index (χ0) is 23.2. The highest BCUT2D eigenvalue weighted by Gasteiger charge is 2.51. The van der Waals surface area contributed by atoms with E-state index in [4.69, 9.17) is 4.42 Å². The molecule has 4 aromatic rings. The van der Waals surface area contributed by atoms with E-state index in [2.05, 4.69) is 15.2 Å². The number of hydrogen-bond acceptors (Lipinski definition) is 5. The molecule has 1 amide bonds. The van der Waals surface area contributed by atoms with Crippen LogP contribution in [-0.4, -0.2) is 49.3 Å². The molecule has 1 aliphatic heterocycles. The number of para-hydroxylation sites is 2. The highest BCUT2D eigenvalue weighted by atomic mass is 19.3. The van der Waals surface area contributed by atoms with Gasteiger partial charge in [0.1, 0.15) is 16.8 Å². The Morgan fingerprint density at radius 3 is 2.64 bits per heavy atom. The maximum Gasteiger partial charge on any atom is 0.269 e. The molecule has 170 valence electrons. The molecule has 0 N–H and O–H groups in total. The third-order valence-electron chi connectivity index (χ3n) is 5.70. The Kier molecular flexibility index (Phi) is 5.10. The van der Waals surface area contributed by atoms with Crippen LogP contribution in [0.3, 0.4) is 0 Å². The van der Waals surface area contributed by atoms with Crippen LogP contribution in [0.2, 0.25) is 0 Å². The summed E-state index contributed by atoms with van der Waals surface area (Å²) in [5, 5.41) is 7.70. The summed E-state index contributed by atoms with van der Waals surface area (Å²) in [5.41, 5.74) is 0.279. The molecule has 0 saturated carbocycles. The fraction of sp³-hybridized carbons (Fsp3) is 0.273. The molecule has 0 radical (unpaired) electrons. The molecule has 7 nitrogen and oxygen atoms in total. The maximum atomic E-state index is 14.8. The lowest BCUT2D eigenvalue weighted by molar-refractivity contribution is -0.0324. The quantitative estimate of drug-likeness (QED) is 0.419. The highest BCUT2D eigenvalue weighted by Crippen LogP contribution is 2.38. The van der Waals surface area contributed by atoms with Gasteiger partial charge in [-0.15, -0.1) is 0 Å². The van der Waals surface area contributed by atoms with Crippen molar-refractivity contribution in [2.75, 3.05) is 6.54 Å². The van der Waals surface area contributed by atoms with Crippen molar-refractivity contribution in [3.8, 4) is 5.69 Å². The number of nitrogens with zero attached hydrogens (tertiary/aromatic N) is 5. The number of carbonyl (C=O) groups excluding carboxylic acids is 1. The number of benzene rings is 2. The summed E-state index contributed by atoms with van der Waals surface area (Å²) < 4.78 is 63.8. The summed E-state index contributed by atoms with van der Waals surface area (Å²) in [6.07, 6.45) is 1.87. The molecule has 33 heavy (non-hydrogen) atoms. The van der Waals surface area contributed by atoms with Gasteiger partial charge in [-0.1, -0.05) is 12.1 Å². The van der Waals surface area contributed by atoms with Crippen molar-refractivity contribution in [1.82, 2.24) is 24.9 Å². The number of aromatic nitrogens is 4. The smallest absolute Gasteiger partial charge is 0.269 e. The normalized spacial score (nSPS) is 17.7. The van der Waals surface area contributed by atoms with E-state index < -0.39 is 41.5 Å². The fourth-order valence-corrected chi connectivity index (χ4v) is 4.11. The Morgan fingerprint density at radius 1 is 1.12 bits per heavy atom. The number of oxazole rings is 1. The Balaban J connectivity index is 1.45. The molecule has 1 atom stereocenters. The van der Waals surface area contributed by atoms with Crippen molar-refractivity contribution in [2.24, 2.45) is 0 Å². The van der Waals surface area contributed by atoms with Crippen molar-refractivity contribution < 1.29 is 26.8 Å². The predicted molar refractivity (Wildman–Crippen MR) is 108 cm³/mol. The second-order valence-corrected chi connectivity index (χ2v) is 7.71. The van der Waals surface area contributed by atoms with E-state index in [9.17, 15) is 22.4 Å². The van der Waals surface area contributed by atoms with Crippen LogP contribution in [0.25, 0.3) is 16.8 Å². The van der Waals surface area contributed by atoms with Crippen molar-refractivity contribution in [3.63, 3.8) is 0 Å². The van der Waals surface area contributed by atoms with Gasteiger partial charge < -0.3 is 9.32 Å². The van der Waals surface area contributed by atoms with Gasteiger partial charge in [0.05, 0.1) is 18.4 Å². The molecule has 3 heterocycles. The molecule has 0 spiro atoms. The zero-order valence-corrected chi connectivity index (χ0v) is 17.1. The first-order valence-corrected chi connectivity index (χ1v) is 10.2. The summed E-state index contributed by atoms with van der Waals surface area (Å²) in [5.74, 6) is -6.73. The van der Waals surface area contributed by atoms with Crippen LogP contribution in [0.5, 0.6) is 0 Å². The summed E-state index contributed by atoms with van der Waals surface area (Å²) in [6, 6.07) is 7.41. The molecule has 2 aromatic carbocycles. The van der Waals surface area contributed by atoms with Gasteiger partial charge >= 0.3 is 0 Å². The molecular weight excluding hydrogens is 442 g/mol. The van der Waals surface area contributed by atoms with Gasteiger partial charge in [-0.2, -0.15) is 15.0 Å². The number of likely N-dealkylation sites (tertiary alicyclic amines) is 1. The Hall–Kier alpha value is -3.76. The standard InChI is InChI=1S/C22H17F4N5O2/c23-13-5-6-15(31-27-10-11-28-31)19(20(13)24)21(32)30-12-9-22(25,26)17(30)7-8-18-29-14-3-1-2-4-16(14)33-18/h1-6,10-11,17H,7-9,12H2/t17-/m1/s1. The Labute approximate surface area is 184 Å². The minimum absolute atomic E-state index is 0.0396. The van der Waals surface area contributed by atoms with Gasteiger partial charge in [-0.25, -0.2) is 22.5 Å². The minimum Gasteiger partial charge on any atom is -0.441 e. The van der Waals surface area contributed by atoms with E-state index in [0.29, 0.717) is 11.1 Å². The van der Waals surface area contributed by atoms with Crippen LogP contribution in [0, 0.1) is 11.6 Å². The summed E-state index contributed by atoms with van der Waals surface area (Å²) in [4.78, 5) is 19.4. The molecule has 0 unspecified atom stereocenters. The van der Waals surface area contributed by atoms with E-state index >= 15 is 0 Å². The average molecular weight is 459 g/mol. The number of amides is 1. The largest absolute Gasteiger partial charge is 0.441 e. The zero-order valence-electron chi connectivity index (χ0n) is 17.1. The molecule has 1 saturated heterocycles. The lowest BCUT2D eigenvalue weighted by Gasteiger charge is -2.28. The van der Waals surface area contributed by atoms with Crippen LogP contribution < -0.4 is 0 Å². The van der Waals surface area contributed by atoms with Gasteiger partial charge in [0.15, 0.2) is 23.1 Å². The molecule has 11 heteroatoms. The Bertz CT molecular complexity index is 1290. The van der Waals surface area contributed by atoms with Crippen LogP contribution in [0.4, 0.5) is 17.6 Å². The molecule has 1 fully saturated rings. The SMILES string of the molecule is O=C(c1c(-n2nccn2)ccc(F)c1F)N1CCC(F)(F)[C@H]1CCc1nc2ccccc2o1. The number of aryl methyl sites for hydroxylation is 1. The topological polar surface area (TPSA) is 77.1 Å². The van der Waals surface area contributed by atoms with Gasteiger partial charge in [-0.3, -0.25) is 4.79 Å². The number of rotatable bonds is 5. The fourth-order valence-electron chi connectivity index (χ4n) is 4.11. The van der Waals surface area contributed by atoms with Crippen LogP contribution in [0.1, 0.15) is 29.1 Å². The maximum absolute atomic E-state index is 14.8. The third-order valence-corrected chi connectivity index (χ3v) is 5.70. The van der Waals surface area contributed by atoms with Gasteiger partial charge in [0.25, 0.3) is 11.8 Å². The lowest BCUT2D eigenvalue weighted by Crippen LogP contribution is -2.43. The number of halogens is 4. The molecule has 2 aromatic heterocycles. The van der Waals surface area contributed by atoms with Crippen LogP contribution >= 0.6 is 0 Å². The molecule has 0 bridgehead atoms. The first-order valence-electron chi connectivity index (χ1n) is 10.2. The first kappa shape index (κ1) is 21.1. The number of fused-ring (bicyclic) bond motifs is 1. The third kappa shape index (κ3) is 3.73. The number of hydrogen-bond donors (Lipinski definition) is 0. The van der Waals surface area contributed by atoms with E-state index in [1.807, 2.05) is 0 Å². The molecule has 5 rings (SSSR count).